The number of hydrogen-bond acceptors (Lipinski definition) is 41. The van der Waals surface area contributed by atoms with E-state index in [-0.39, 0.29) is 0 Å². The van der Waals surface area contributed by atoms with Crippen LogP contribution in [0.15, 0.2) is 0 Å². The first-order valence-corrected chi connectivity index (χ1v) is 28.2. The van der Waals surface area contributed by atoms with Gasteiger partial charge in [0.2, 0.25) is 0 Å². The van der Waals surface area contributed by atoms with Gasteiger partial charge in [0.15, 0.2) is 50.3 Å². The molecule has 8 saturated heterocycles. The molecule has 0 saturated carbocycles. The predicted molar refractivity (Wildman–Crippen MR) is 264 cm³/mol. The van der Waals surface area contributed by atoms with Crippen LogP contribution in [0.2, 0.25) is 0 Å². The van der Waals surface area contributed by atoms with Crippen LogP contribution < -0.4 is 0 Å². The van der Waals surface area contributed by atoms with Gasteiger partial charge in [0.25, 0.3) is 0 Å². The summed E-state index contributed by atoms with van der Waals surface area (Å²) in [7, 11) is 0. The average molecular weight is 1320 g/mol. The van der Waals surface area contributed by atoms with Gasteiger partial charge in [0, 0.05) is 0 Å². The van der Waals surface area contributed by atoms with Gasteiger partial charge in [0.05, 0.1) is 52.9 Å². The van der Waals surface area contributed by atoms with E-state index in [4.69, 9.17) is 71.1 Å². The Balaban J connectivity index is 0.850. The second kappa shape index (κ2) is 31.5. The lowest BCUT2D eigenvalue weighted by Gasteiger charge is -2.50. The van der Waals surface area contributed by atoms with Crippen LogP contribution in [0.1, 0.15) is 0 Å². The zero-order valence-corrected chi connectivity index (χ0v) is 46.5. The minimum Gasteiger partial charge on any atom is -0.394 e. The molecule has 0 aromatic carbocycles. The SMILES string of the molecule is OC[C@@H]1O[C@@H](O[C@@H]2[C@@H](O)[C@H](O)[C@H](O[C@@H]3[C@@H](O)[C@H](O)[C@H](O[C@@H]4[C@@H](O)[C@H](O)[C@H](O[C@@H]5[C@@H](O)[C@H](O)[C@H](O[C@@H]6[C@@H](O)[C@H](O)[C@H](O[C@@H]7[C@@H](O)[C@H](O)[C@H](O[C@@H]8[C@@H](O)[C@H](O)[C@@H](O)O[C@H]8CO)O[C@H]7CO)O[C@H]6CO)O[C@H]5CO)O[C@H]4CO)O[C@H]3CO)O[C@H]2CO)[C@@H](O)[C@H](O)[C@H]1O. The molecule has 0 aliphatic carbocycles. The molecule has 0 spiro atoms. The van der Waals surface area contributed by atoms with Crippen LogP contribution >= 0.6 is 0 Å². The van der Waals surface area contributed by atoms with E-state index < -0.39 is 299 Å². The summed E-state index contributed by atoms with van der Waals surface area (Å²) in [6.07, 6.45) is -78.4. The highest BCUT2D eigenvalue weighted by molar-refractivity contribution is 5.02. The lowest BCUT2D eigenvalue weighted by Crippen LogP contribution is -2.68. The first kappa shape index (κ1) is 73.2. The van der Waals surface area contributed by atoms with Crippen molar-refractivity contribution in [3.8, 4) is 0 Å². The van der Waals surface area contributed by atoms with Crippen molar-refractivity contribution in [2.75, 3.05) is 52.9 Å². The molecule has 41 heteroatoms. The molecule has 0 radical (unpaired) electrons. The first-order chi connectivity index (χ1) is 42.2. The molecule has 26 N–H and O–H groups in total. The van der Waals surface area contributed by atoms with Gasteiger partial charge in [-0.2, -0.15) is 0 Å². The minimum absolute atomic E-state index is 0.854. The Morgan fingerprint density at radius 3 is 0.517 bits per heavy atom. The van der Waals surface area contributed by atoms with E-state index in [1.165, 1.54) is 0 Å². The predicted octanol–water partition coefficient (Wildman–Crippen LogP) is -18.5. The Morgan fingerprint density at radius 1 is 0.169 bits per heavy atom. The lowest BCUT2D eigenvalue weighted by molar-refractivity contribution is -0.399. The zero-order valence-electron chi connectivity index (χ0n) is 46.5. The smallest absolute Gasteiger partial charge is 0.187 e. The fourth-order valence-corrected chi connectivity index (χ4v) is 11.5. The molecule has 8 aliphatic heterocycles. The normalized spacial score (nSPS) is 53.6. The molecule has 0 aromatic heterocycles. The van der Waals surface area contributed by atoms with E-state index >= 15 is 0 Å². The molecule has 0 aromatic rings. The van der Waals surface area contributed by atoms with Gasteiger partial charge in [-0.05, 0) is 0 Å². The largest absolute Gasteiger partial charge is 0.394 e. The van der Waals surface area contributed by atoms with Crippen LogP contribution in [-0.4, -0.2) is 431 Å². The maximum atomic E-state index is 11.4. The summed E-state index contributed by atoms with van der Waals surface area (Å²) in [6, 6.07) is 0. The molecule has 89 heavy (non-hydrogen) atoms. The molecule has 8 rings (SSSR count). The van der Waals surface area contributed by atoms with Crippen LogP contribution in [0.3, 0.4) is 0 Å². The van der Waals surface area contributed by atoms with E-state index in [1.807, 2.05) is 0 Å². The van der Waals surface area contributed by atoms with Crippen molar-refractivity contribution >= 4 is 0 Å². The second-order valence-corrected chi connectivity index (χ2v) is 22.4. The van der Waals surface area contributed by atoms with E-state index in [0.29, 0.717) is 0 Å². The highest BCUT2D eigenvalue weighted by Crippen LogP contribution is 2.39. The molecule has 8 fully saturated rings. The van der Waals surface area contributed by atoms with Crippen LogP contribution in [-0.2, 0) is 71.1 Å². The summed E-state index contributed by atoms with van der Waals surface area (Å²) in [6.45, 7) is -8.07. The van der Waals surface area contributed by atoms with Gasteiger partial charge >= 0.3 is 0 Å². The molecular formula is C48H82O41. The van der Waals surface area contributed by atoms with Gasteiger partial charge in [0.1, 0.15) is 195 Å². The van der Waals surface area contributed by atoms with Crippen LogP contribution in [0.4, 0.5) is 0 Å². The molecule has 0 amide bonds. The van der Waals surface area contributed by atoms with Crippen molar-refractivity contribution in [3.05, 3.63) is 0 Å². The van der Waals surface area contributed by atoms with Crippen LogP contribution in [0, 0.1) is 0 Å². The van der Waals surface area contributed by atoms with Gasteiger partial charge < -0.3 is 204 Å². The van der Waals surface area contributed by atoms with E-state index in [0.717, 1.165) is 0 Å². The Hall–Kier alpha value is -1.64. The van der Waals surface area contributed by atoms with Crippen molar-refractivity contribution in [2.45, 2.75) is 246 Å². The van der Waals surface area contributed by atoms with Crippen LogP contribution in [0.5, 0.6) is 0 Å². The zero-order chi connectivity index (χ0) is 65.4. The monoisotopic (exact) mass is 1310 g/mol. The van der Waals surface area contributed by atoms with Crippen molar-refractivity contribution in [1.82, 2.24) is 0 Å². The fourth-order valence-electron chi connectivity index (χ4n) is 11.5. The summed E-state index contributed by atoms with van der Waals surface area (Å²) in [5.41, 5.74) is 0. The lowest BCUT2D eigenvalue weighted by atomic mass is 9.95. The Labute approximate surface area is 501 Å². The number of aliphatic hydroxyl groups excluding tert-OH is 26. The maximum Gasteiger partial charge on any atom is 0.187 e. The minimum atomic E-state index is -2.26. The molecule has 0 bridgehead atoms. The second-order valence-electron chi connectivity index (χ2n) is 22.4. The van der Waals surface area contributed by atoms with E-state index in [9.17, 15) is 133 Å². The molecule has 520 valence electrons. The average Bonchev–Trinajstić information content (AvgIpc) is 1.20. The fraction of sp³-hybridized carbons (Fsp3) is 1.00. The summed E-state index contributed by atoms with van der Waals surface area (Å²) in [5, 5.41) is 277. The Bertz CT molecular complexity index is 2120. The summed E-state index contributed by atoms with van der Waals surface area (Å²) in [5.74, 6) is 0. The molecular weight excluding hydrogens is 1230 g/mol. The number of hydrogen-bond donors (Lipinski definition) is 26. The highest BCUT2D eigenvalue weighted by atomic mass is 16.8. The van der Waals surface area contributed by atoms with Gasteiger partial charge in [-0.25, -0.2) is 0 Å². The third-order valence-corrected chi connectivity index (χ3v) is 16.7. The molecule has 41 nitrogen and oxygen atoms in total. The molecule has 40 atom stereocenters. The summed E-state index contributed by atoms with van der Waals surface area (Å²) in [4.78, 5) is 0. The van der Waals surface area contributed by atoms with E-state index in [2.05, 4.69) is 0 Å². The van der Waals surface area contributed by atoms with Crippen molar-refractivity contribution in [1.29, 1.82) is 0 Å². The van der Waals surface area contributed by atoms with Gasteiger partial charge in [-0.15, -0.1) is 0 Å². The Morgan fingerprint density at radius 2 is 0.326 bits per heavy atom. The molecule has 8 aliphatic rings. The van der Waals surface area contributed by atoms with Crippen molar-refractivity contribution in [3.63, 3.8) is 0 Å². The topological polar surface area (TPSA) is 664 Å². The van der Waals surface area contributed by atoms with Gasteiger partial charge in [-0.3, -0.25) is 0 Å². The van der Waals surface area contributed by atoms with Crippen LogP contribution in [0.25, 0.3) is 0 Å². The highest BCUT2D eigenvalue weighted by Gasteiger charge is 2.59. The quantitative estimate of drug-likeness (QED) is 0.0479. The van der Waals surface area contributed by atoms with Crippen molar-refractivity contribution < 1.29 is 204 Å². The third-order valence-electron chi connectivity index (χ3n) is 16.7. The molecule has 8 heterocycles. The summed E-state index contributed by atoms with van der Waals surface area (Å²) >= 11 is 0. The van der Waals surface area contributed by atoms with Crippen molar-refractivity contribution in [2.24, 2.45) is 0 Å². The summed E-state index contributed by atoms with van der Waals surface area (Å²) < 4.78 is 83.4. The molecule has 0 unspecified atom stereocenters. The number of ether oxygens (including phenoxy) is 15. The van der Waals surface area contributed by atoms with E-state index in [1.54, 1.807) is 0 Å². The third kappa shape index (κ3) is 15.0. The van der Waals surface area contributed by atoms with Gasteiger partial charge in [-0.1, -0.05) is 0 Å². The standard InChI is InChI=1S/C48H82O41/c49-1-9-17(57)18(58)27(67)42(76-9)84-35-11(3-51)78-44(29(69)20(35)60)86-37-13(5-53)80-46(31(71)22(37)62)88-39-15(7-55)82-48(33(73)24(39)64)89-40-16(8-56)81-47(32(72)25(40)65)87-38-14(6-54)79-45(30(70)23(38)63)85-36-12(4-52)77-43(28(68)21(36)61)83-34-10(2-50)75-41(74)26(66)19(34)59/h9-74H,1-8H2/t9-,10-,11-,12-,13-,14-,15-,16-,17-,18+,19-,20-,21-,22-,23-,24-,25-,26-,27-,28-,29-,30-,31-,32-,33-,34-,35-,36-,37-,38-,39-,40-,41-,42-,43-,44-,45-,46-,47-,48-/m0/s1. The first-order valence-electron chi connectivity index (χ1n) is 28.2. The number of rotatable bonds is 22. The number of aliphatic hydroxyl groups is 26. The maximum absolute atomic E-state index is 11.4. The Kier molecular flexibility index (Phi) is 25.9.